The van der Waals surface area contributed by atoms with Gasteiger partial charge in [0.2, 0.25) is 0 Å². The van der Waals surface area contributed by atoms with Gasteiger partial charge in [0.25, 0.3) is 5.91 Å². The smallest absolute Gasteiger partial charge is 0.253 e. The van der Waals surface area contributed by atoms with Crippen LogP contribution < -0.4 is 10.6 Å². The first-order valence-electron chi connectivity index (χ1n) is 7.32. The van der Waals surface area contributed by atoms with Gasteiger partial charge in [-0.05, 0) is 38.5 Å². The molecule has 21 heavy (non-hydrogen) atoms. The second-order valence-electron chi connectivity index (χ2n) is 5.18. The van der Waals surface area contributed by atoms with Gasteiger partial charge in [-0.1, -0.05) is 42.0 Å². The van der Waals surface area contributed by atoms with E-state index >= 15 is 0 Å². The summed E-state index contributed by atoms with van der Waals surface area (Å²) in [5.74, 6) is -0.0559. The van der Waals surface area contributed by atoms with Crippen LogP contribution in [0, 0.1) is 6.92 Å². The van der Waals surface area contributed by atoms with Crippen LogP contribution in [0.5, 0.6) is 0 Å². The van der Waals surface area contributed by atoms with Crippen LogP contribution in [-0.2, 0) is 0 Å². The molecule has 3 nitrogen and oxygen atoms in total. The Balaban J connectivity index is 2.12. The fourth-order valence-electron chi connectivity index (χ4n) is 2.24. The summed E-state index contributed by atoms with van der Waals surface area (Å²) in [4.78, 5) is 12.4. The Labute approximate surface area is 126 Å². The SMILES string of the molecule is CCNc1ccccc1C(=O)NC(C)c1ccc(C)cc1. The van der Waals surface area contributed by atoms with Crippen molar-refractivity contribution in [1.29, 1.82) is 0 Å². The quantitative estimate of drug-likeness (QED) is 0.872. The minimum Gasteiger partial charge on any atom is -0.385 e. The third kappa shape index (κ3) is 3.85. The van der Waals surface area contributed by atoms with Crippen LogP contribution in [0.15, 0.2) is 48.5 Å². The molecule has 1 atom stereocenters. The van der Waals surface area contributed by atoms with Gasteiger partial charge in [0.15, 0.2) is 0 Å². The number of para-hydroxylation sites is 1. The number of nitrogens with one attached hydrogen (secondary N) is 2. The largest absolute Gasteiger partial charge is 0.385 e. The summed E-state index contributed by atoms with van der Waals surface area (Å²) < 4.78 is 0. The summed E-state index contributed by atoms with van der Waals surface area (Å²) in [6.45, 7) is 6.86. The Bertz CT molecular complexity index is 605. The minimum atomic E-state index is -0.0559. The summed E-state index contributed by atoms with van der Waals surface area (Å²) in [5.41, 5.74) is 3.87. The predicted octanol–water partition coefficient (Wildman–Crippen LogP) is 3.92. The average molecular weight is 282 g/mol. The Hall–Kier alpha value is -2.29. The van der Waals surface area contributed by atoms with Crippen molar-refractivity contribution < 1.29 is 4.79 Å². The first kappa shape index (κ1) is 15.1. The van der Waals surface area contributed by atoms with E-state index in [9.17, 15) is 4.79 Å². The monoisotopic (exact) mass is 282 g/mol. The molecule has 0 bridgehead atoms. The normalized spacial score (nSPS) is 11.8. The number of rotatable bonds is 5. The molecule has 110 valence electrons. The molecule has 2 aromatic rings. The molecule has 0 aliphatic carbocycles. The van der Waals surface area contributed by atoms with E-state index in [1.54, 1.807) is 0 Å². The zero-order valence-electron chi connectivity index (χ0n) is 12.8. The molecule has 0 radical (unpaired) electrons. The third-order valence-corrected chi connectivity index (χ3v) is 3.46. The maximum absolute atomic E-state index is 12.4. The molecule has 0 heterocycles. The summed E-state index contributed by atoms with van der Waals surface area (Å²) >= 11 is 0. The molecule has 2 rings (SSSR count). The highest BCUT2D eigenvalue weighted by atomic mass is 16.1. The van der Waals surface area contributed by atoms with Gasteiger partial charge in [-0.3, -0.25) is 4.79 Å². The van der Waals surface area contributed by atoms with Crippen molar-refractivity contribution >= 4 is 11.6 Å². The molecule has 0 aliphatic rings. The zero-order valence-corrected chi connectivity index (χ0v) is 12.8. The predicted molar refractivity (Wildman–Crippen MR) is 87.7 cm³/mol. The number of benzene rings is 2. The molecule has 3 heteroatoms. The van der Waals surface area contributed by atoms with Crippen LogP contribution in [-0.4, -0.2) is 12.5 Å². The molecule has 2 N–H and O–H groups in total. The van der Waals surface area contributed by atoms with Gasteiger partial charge in [0, 0.05) is 12.2 Å². The van der Waals surface area contributed by atoms with Crippen molar-refractivity contribution in [2.45, 2.75) is 26.8 Å². The molecule has 0 saturated carbocycles. The van der Waals surface area contributed by atoms with Gasteiger partial charge in [-0.2, -0.15) is 0 Å². The fraction of sp³-hybridized carbons (Fsp3) is 0.278. The number of anilines is 1. The number of carbonyl (C=O) groups excluding carboxylic acids is 1. The van der Waals surface area contributed by atoms with E-state index in [1.165, 1.54) is 5.56 Å². The van der Waals surface area contributed by atoms with Gasteiger partial charge in [0.1, 0.15) is 0 Å². The summed E-state index contributed by atoms with van der Waals surface area (Å²) in [6.07, 6.45) is 0. The van der Waals surface area contributed by atoms with E-state index in [4.69, 9.17) is 0 Å². The molecular weight excluding hydrogens is 260 g/mol. The second-order valence-corrected chi connectivity index (χ2v) is 5.18. The number of amides is 1. The van der Waals surface area contributed by atoms with Gasteiger partial charge < -0.3 is 10.6 Å². The van der Waals surface area contributed by atoms with Crippen molar-refractivity contribution in [2.24, 2.45) is 0 Å². The summed E-state index contributed by atoms with van der Waals surface area (Å²) in [7, 11) is 0. The van der Waals surface area contributed by atoms with Crippen LogP contribution in [0.2, 0.25) is 0 Å². The van der Waals surface area contributed by atoms with E-state index in [-0.39, 0.29) is 11.9 Å². The minimum absolute atomic E-state index is 0.0206. The molecule has 0 aromatic heterocycles. The molecular formula is C18H22N2O. The van der Waals surface area contributed by atoms with Crippen molar-refractivity contribution in [3.05, 3.63) is 65.2 Å². The molecule has 0 aliphatic heterocycles. The molecule has 0 saturated heterocycles. The van der Waals surface area contributed by atoms with Crippen LogP contribution in [0.4, 0.5) is 5.69 Å². The lowest BCUT2D eigenvalue weighted by Gasteiger charge is -2.16. The van der Waals surface area contributed by atoms with Crippen LogP contribution in [0.25, 0.3) is 0 Å². The Morgan fingerprint density at radius 2 is 1.76 bits per heavy atom. The fourth-order valence-corrected chi connectivity index (χ4v) is 2.24. The highest BCUT2D eigenvalue weighted by molar-refractivity contribution is 5.99. The molecule has 2 aromatic carbocycles. The topological polar surface area (TPSA) is 41.1 Å². The number of hydrogen-bond acceptors (Lipinski definition) is 2. The molecule has 0 fully saturated rings. The highest BCUT2D eigenvalue weighted by Gasteiger charge is 2.14. The van der Waals surface area contributed by atoms with Crippen molar-refractivity contribution in [3.8, 4) is 0 Å². The van der Waals surface area contributed by atoms with E-state index < -0.39 is 0 Å². The Morgan fingerprint density at radius 1 is 1.10 bits per heavy atom. The van der Waals surface area contributed by atoms with E-state index in [0.717, 1.165) is 17.8 Å². The van der Waals surface area contributed by atoms with Crippen molar-refractivity contribution in [2.75, 3.05) is 11.9 Å². The number of hydrogen-bond donors (Lipinski definition) is 2. The lowest BCUT2D eigenvalue weighted by molar-refractivity contribution is 0.0940. The van der Waals surface area contributed by atoms with Gasteiger partial charge in [-0.15, -0.1) is 0 Å². The van der Waals surface area contributed by atoms with Crippen molar-refractivity contribution in [1.82, 2.24) is 5.32 Å². The average Bonchev–Trinajstić information content (AvgIpc) is 2.48. The van der Waals surface area contributed by atoms with Crippen LogP contribution in [0.1, 0.15) is 41.4 Å². The van der Waals surface area contributed by atoms with E-state index in [1.807, 2.05) is 38.1 Å². The van der Waals surface area contributed by atoms with Crippen LogP contribution >= 0.6 is 0 Å². The summed E-state index contributed by atoms with van der Waals surface area (Å²) in [5, 5.41) is 6.27. The second kappa shape index (κ2) is 6.93. The lowest BCUT2D eigenvalue weighted by Crippen LogP contribution is -2.27. The number of aryl methyl sites for hydroxylation is 1. The number of carbonyl (C=O) groups is 1. The van der Waals surface area contributed by atoms with Crippen molar-refractivity contribution in [3.63, 3.8) is 0 Å². The van der Waals surface area contributed by atoms with E-state index in [2.05, 4.69) is 41.8 Å². The summed E-state index contributed by atoms with van der Waals surface area (Å²) in [6, 6.07) is 15.8. The molecule has 1 unspecified atom stereocenters. The Kier molecular flexibility index (Phi) is 4.99. The van der Waals surface area contributed by atoms with E-state index in [0.29, 0.717) is 5.56 Å². The zero-order chi connectivity index (χ0) is 15.2. The lowest BCUT2D eigenvalue weighted by atomic mass is 10.1. The van der Waals surface area contributed by atoms with Gasteiger partial charge in [-0.25, -0.2) is 0 Å². The third-order valence-electron chi connectivity index (χ3n) is 3.46. The Morgan fingerprint density at radius 3 is 2.43 bits per heavy atom. The first-order valence-corrected chi connectivity index (χ1v) is 7.32. The highest BCUT2D eigenvalue weighted by Crippen LogP contribution is 2.18. The maximum atomic E-state index is 12.4. The molecule has 1 amide bonds. The molecule has 0 spiro atoms. The van der Waals surface area contributed by atoms with Crippen LogP contribution in [0.3, 0.4) is 0 Å². The van der Waals surface area contributed by atoms with Gasteiger partial charge in [0.05, 0.1) is 11.6 Å². The standard InChI is InChI=1S/C18H22N2O/c1-4-19-17-8-6-5-7-16(17)18(21)20-14(3)15-11-9-13(2)10-12-15/h5-12,14,19H,4H2,1-3H3,(H,20,21). The first-order chi connectivity index (χ1) is 10.1. The maximum Gasteiger partial charge on any atom is 0.253 e. The van der Waals surface area contributed by atoms with Gasteiger partial charge >= 0.3 is 0 Å².